The molecule has 0 saturated carbocycles. The van der Waals surface area contributed by atoms with Crippen LogP contribution in [-0.4, -0.2) is 36.6 Å². The number of carbonyl (C=O) groups is 1. The maximum atomic E-state index is 12.4. The van der Waals surface area contributed by atoms with Gasteiger partial charge in [0.25, 0.3) is 0 Å². The number of thiophene rings is 1. The number of carbonyl (C=O) groups excluding carboxylic acids is 1. The second kappa shape index (κ2) is 9.71. The number of hydrogen-bond acceptors (Lipinski definition) is 6. The summed E-state index contributed by atoms with van der Waals surface area (Å²) >= 11 is 1.67. The molecule has 7 heteroatoms. The van der Waals surface area contributed by atoms with Crippen molar-refractivity contribution in [2.75, 3.05) is 20.6 Å². The molecule has 0 aliphatic heterocycles. The molecule has 1 amide bonds. The standard InChI is InChI=1S/C22H27N3O3S/c1-15-20(16(2)28-24-15)13-27-19-7-5-17(6-8-19)11-22(26)23-12-21(25(3)4)18-9-10-29-14-18/h5-10,14,21H,11-13H2,1-4H3,(H,23,26)/t21-/m1/s1. The van der Waals surface area contributed by atoms with E-state index in [2.05, 4.69) is 32.2 Å². The van der Waals surface area contributed by atoms with Crippen LogP contribution < -0.4 is 10.1 Å². The summed E-state index contributed by atoms with van der Waals surface area (Å²) in [6, 6.07) is 9.88. The quantitative estimate of drug-likeness (QED) is 0.576. The Hall–Kier alpha value is -2.64. The van der Waals surface area contributed by atoms with Crippen LogP contribution in [0.1, 0.15) is 34.2 Å². The van der Waals surface area contributed by atoms with E-state index in [0.717, 1.165) is 28.3 Å². The highest BCUT2D eigenvalue weighted by Gasteiger charge is 2.16. The van der Waals surface area contributed by atoms with Gasteiger partial charge in [0, 0.05) is 6.54 Å². The van der Waals surface area contributed by atoms with Gasteiger partial charge >= 0.3 is 0 Å². The minimum absolute atomic E-state index is 0.0106. The van der Waals surface area contributed by atoms with Crippen LogP contribution in [0.2, 0.25) is 0 Å². The number of amides is 1. The monoisotopic (exact) mass is 413 g/mol. The van der Waals surface area contributed by atoms with Crippen molar-refractivity contribution >= 4 is 17.2 Å². The van der Waals surface area contributed by atoms with Gasteiger partial charge in [-0.15, -0.1) is 0 Å². The van der Waals surface area contributed by atoms with Crippen LogP contribution in [0, 0.1) is 13.8 Å². The highest BCUT2D eigenvalue weighted by atomic mass is 32.1. The van der Waals surface area contributed by atoms with Gasteiger partial charge in [-0.25, -0.2) is 0 Å². The number of nitrogens with zero attached hydrogens (tertiary/aromatic N) is 2. The van der Waals surface area contributed by atoms with Crippen molar-refractivity contribution in [2.24, 2.45) is 0 Å². The van der Waals surface area contributed by atoms with E-state index in [1.165, 1.54) is 5.56 Å². The van der Waals surface area contributed by atoms with Crippen LogP contribution in [0.3, 0.4) is 0 Å². The SMILES string of the molecule is Cc1noc(C)c1COc1ccc(CC(=O)NC[C@H](c2ccsc2)N(C)C)cc1. The van der Waals surface area contributed by atoms with Gasteiger partial charge in [0.1, 0.15) is 18.1 Å². The molecule has 0 spiro atoms. The molecule has 0 saturated heterocycles. The summed E-state index contributed by atoms with van der Waals surface area (Å²) in [6.07, 6.45) is 0.341. The summed E-state index contributed by atoms with van der Waals surface area (Å²) in [5.41, 5.74) is 3.98. The van der Waals surface area contributed by atoms with Gasteiger partial charge in [0.2, 0.25) is 5.91 Å². The third kappa shape index (κ3) is 5.68. The van der Waals surface area contributed by atoms with Gasteiger partial charge in [-0.1, -0.05) is 17.3 Å². The third-order valence-corrected chi connectivity index (χ3v) is 5.60. The second-order valence-electron chi connectivity index (χ2n) is 7.25. The lowest BCUT2D eigenvalue weighted by Crippen LogP contribution is -2.35. The molecule has 1 atom stereocenters. The maximum Gasteiger partial charge on any atom is 0.224 e. The largest absolute Gasteiger partial charge is 0.489 e. The number of ether oxygens (including phenoxy) is 1. The van der Waals surface area contributed by atoms with Gasteiger partial charge in [0.05, 0.1) is 23.7 Å². The van der Waals surface area contributed by atoms with Crippen LogP contribution >= 0.6 is 11.3 Å². The first-order chi connectivity index (χ1) is 13.9. The Bertz CT molecular complexity index is 898. The fraction of sp³-hybridized carbons (Fsp3) is 0.364. The number of rotatable bonds is 9. The van der Waals surface area contributed by atoms with E-state index in [0.29, 0.717) is 19.6 Å². The van der Waals surface area contributed by atoms with Crippen LogP contribution in [0.25, 0.3) is 0 Å². The molecular formula is C22H27N3O3S. The van der Waals surface area contributed by atoms with Crippen molar-refractivity contribution in [3.8, 4) is 5.75 Å². The van der Waals surface area contributed by atoms with Gasteiger partial charge < -0.3 is 19.5 Å². The smallest absolute Gasteiger partial charge is 0.224 e. The Morgan fingerprint density at radius 1 is 1.24 bits per heavy atom. The number of aromatic nitrogens is 1. The zero-order valence-electron chi connectivity index (χ0n) is 17.3. The Morgan fingerprint density at radius 2 is 2.00 bits per heavy atom. The predicted molar refractivity (Wildman–Crippen MR) is 114 cm³/mol. The molecule has 2 aromatic heterocycles. The van der Waals surface area contributed by atoms with E-state index in [4.69, 9.17) is 9.26 Å². The van der Waals surface area contributed by atoms with Crippen molar-refractivity contribution < 1.29 is 14.1 Å². The van der Waals surface area contributed by atoms with Crippen LogP contribution in [0.4, 0.5) is 0 Å². The lowest BCUT2D eigenvalue weighted by Gasteiger charge is -2.24. The fourth-order valence-corrected chi connectivity index (χ4v) is 3.80. The topological polar surface area (TPSA) is 67.6 Å². The predicted octanol–water partition coefficient (Wildman–Crippen LogP) is 3.89. The van der Waals surface area contributed by atoms with Crippen molar-refractivity contribution in [3.05, 3.63) is 69.2 Å². The molecule has 0 aliphatic carbocycles. The highest BCUT2D eigenvalue weighted by molar-refractivity contribution is 7.07. The molecule has 6 nitrogen and oxygen atoms in total. The van der Waals surface area contributed by atoms with Crippen LogP contribution in [-0.2, 0) is 17.8 Å². The van der Waals surface area contributed by atoms with E-state index in [1.807, 2.05) is 52.2 Å². The summed E-state index contributed by atoms with van der Waals surface area (Å²) in [5, 5.41) is 11.2. The van der Waals surface area contributed by atoms with Crippen molar-refractivity contribution in [3.63, 3.8) is 0 Å². The van der Waals surface area contributed by atoms with E-state index < -0.39 is 0 Å². The number of hydrogen-bond donors (Lipinski definition) is 1. The number of benzene rings is 1. The summed E-state index contributed by atoms with van der Waals surface area (Å²) in [6.45, 7) is 4.77. The van der Waals surface area contributed by atoms with Gasteiger partial charge in [-0.05, 0) is 68.0 Å². The minimum atomic E-state index is 0.0106. The molecular weight excluding hydrogens is 386 g/mol. The van der Waals surface area contributed by atoms with E-state index in [-0.39, 0.29) is 11.9 Å². The van der Waals surface area contributed by atoms with Gasteiger partial charge in [-0.2, -0.15) is 11.3 Å². The highest BCUT2D eigenvalue weighted by Crippen LogP contribution is 2.20. The number of likely N-dealkylation sites (N-methyl/N-ethyl adjacent to an activating group) is 1. The first kappa shape index (κ1) is 21.1. The molecule has 3 rings (SSSR count). The molecule has 0 unspecified atom stereocenters. The van der Waals surface area contributed by atoms with E-state index in [9.17, 15) is 4.79 Å². The molecule has 154 valence electrons. The third-order valence-electron chi connectivity index (χ3n) is 4.90. The molecule has 1 N–H and O–H groups in total. The number of nitrogens with one attached hydrogen (secondary N) is 1. The van der Waals surface area contributed by atoms with E-state index in [1.54, 1.807) is 11.3 Å². The molecule has 0 aliphatic rings. The van der Waals surface area contributed by atoms with Gasteiger partial charge in [-0.3, -0.25) is 4.79 Å². The average Bonchev–Trinajstić information content (AvgIpc) is 3.32. The molecule has 2 heterocycles. The fourth-order valence-electron chi connectivity index (χ4n) is 3.09. The lowest BCUT2D eigenvalue weighted by molar-refractivity contribution is -0.120. The molecule has 29 heavy (non-hydrogen) atoms. The average molecular weight is 414 g/mol. The Morgan fingerprint density at radius 3 is 2.59 bits per heavy atom. The van der Waals surface area contributed by atoms with Crippen molar-refractivity contribution in [2.45, 2.75) is 32.9 Å². The number of aryl methyl sites for hydroxylation is 2. The lowest BCUT2D eigenvalue weighted by atomic mass is 10.1. The summed E-state index contributed by atoms with van der Waals surface area (Å²) in [7, 11) is 4.05. The molecule has 1 aromatic carbocycles. The van der Waals surface area contributed by atoms with Gasteiger partial charge in [0.15, 0.2) is 0 Å². The normalized spacial score (nSPS) is 12.2. The molecule has 0 radical (unpaired) electrons. The summed E-state index contributed by atoms with van der Waals surface area (Å²) in [4.78, 5) is 14.5. The van der Waals surface area contributed by atoms with E-state index >= 15 is 0 Å². The zero-order chi connectivity index (χ0) is 20.8. The second-order valence-corrected chi connectivity index (χ2v) is 8.03. The Kier molecular flexibility index (Phi) is 7.06. The minimum Gasteiger partial charge on any atom is -0.489 e. The molecule has 3 aromatic rings. The Balaban J connectivity index is 1.49. The molecule has 0 bridgehead atoms. The zero-order valence-corrected chi connectivity index (χ0v) is 18.1. The first-order valence-corrected chi connectivity index (χ1v) is 10.5. The van der Waals surface area contributed by atoms with Crippen molar-refractivity contribution in [1.82, 2.24) is 15.4 Å². The summed E-state index contributed by atoms with van der Waals surface area (Å²) < 4.78 is 11.0. The summed E-state index contributed by atoms with van der Waals surface area (Å²) in [5.74, 6) is 1.53. The van der Waals surface area contributed by atoms with Crippen LogP contribution in [0.5, 0.6) is 5.75 Å². The van der Waals surface area contributed by atoms with Crippen LogP contribution in [0.15, 0.2) is 45.6 Å². The van der Waals surface area contributed by atoms with Crippen molar-refractivity contribution in [1.29, 1.82) is 0 Å². The maximum absolute atomic E-state index is 12.4. The molecule has 0 fully saturated rings. The Labute approximate surface area is 175 Å². The first-order valence-electron chi connectivity index (χ1n) is 9.52.